The van der Waals surface area contributed by atoms with E-state index in [-0.39, 0.29) is 18.0 Å². The first-order valence-corrected chi connectivity index (χ1v) is 7.67. The molecule has 0 saturated carbocycles. The molecule has 0 radical (unpaired) electrons. The number of carbonyl (C=O) groups is 1. The van der Waals surface area contributed by atoms with E-state index >= 15 is 0 Å². The maximum atomic E-state index is 13.2. The molecule has 3 rings (SSSR count). The van der Waals surface area contributed by atoms with Crippen LogP contribution in [-0.4, -0.2) is 38.6 Å². The number of aryl methyl sites for hydroxylation is 1. The summed E-state index contributed by atoms with van der Waals surface area (Å²) in [5, 5.41) is 2.90. The van der Waals surface area contributed by atoms with Gasteiger partial charge in [0.1, 0.15) is 11.6 Å². The Kier molecular flexibility index (Phi) is 4.27. The van der Waals surface area contributed by atoms with Crippen molar-refractivity contribution in [2.45, 2.75) is 25.3 Å². The number of hydrogen-bond acceptors (Lipinski definition) is 3. The maximum Gasteiger partial charge on any atom is 0.317 e. The molecule has 1 N–H and O–H groups in total. The maximum absolute atomic E-state index is 13.2. The molecule has 2 atom stereocenters. The highest BCUT2D eigenvalue weighted by atomic mass is 19.1. The number of imidazole rings is 1. The van der Waals surface area contributed by atoms with Gasteiger partial charge in [0, 0.05) is 44.6 Å². The molecule has 6 nitrogen and oxygen atoms in total. The molecule has 122 valence electrons. The molecule has 1 aliphatic rings. The van der Waals surface area contributed by atoms with Gasteiger partial charge in [0.2, 0.25) is 0 Å². The van der Waals surface area contributed by atoms with E-state index in [4.69, 9.17) is 0 Å². The molecule has 2 aromatic heterocycles. The van der Waals surface area contributed by atoms with Crippen molar-refractivity contribution in [2.75, 3.05) is 13.1 Å². The predicted octanol–water partition coefficient (Wildman–Crippen LogP) is 2.21. The van der Waals surface area contributed by atoms with Gasteiger partial charge in [-0.25, -0.2) is 14.2 Å². The van der Waals surface area contributed by atoms with Gasteiger partial charge in [-0.3, -0.25) is 4.98 Å². The van der Waals surface area contributed by atoms with Crippen LogP contribution in [0.3, 0.4) is 0 Å². The lowest BCUT2D eigenvalue weighted by atomic mass is 10.1. The van der Waals surface area contributed by atoms with Crippen LogP contribution in [0.25, 0.3) is 0 Å². The van der Waals surface area contributed by atoms with E-state index in [2.05, 4.69) is 15.3 Å². The van der Waals surface area contributed by atoms with Crippen molar-refractivity contribution in [3.05, 3.63) is 48.1 Å². The fraction of sp³-hybridized carbons (Fsp3) is 0.438. The van der Waals surface area contributed by atoms with Crippen LogP contribution >= 0.6 is 0 Å². The highest BCUT2D eigenvalue weighted by Crippen LogP contribution is 2.26. The molecule has 0 bridgehead atoms. The zero-order chi connectivity index (χ0) is 16.4. The summed E-state index contributed by atoms with van der Waals surface area (Å²) in [4.78, 5) is 22.3. The number of amides is 2. The van der Waals surface area contributed by atoms with Crippen LogP contribution < -0.4 is 5.32 Å². The van der Waals surface area contributed by atoms with Crippen molar-refractivity contribution in [1.29, 1.82) is 0 Å². The van der Waals surface area contributed by atoms with Crippen LogP contribution in [0.1, 0.15) is 36.7 Å². The largest absolute Gasteiger partial charge is 0.338 e. The fourth-order valence-electron chi connectivity index (χ4n) is 2.95. The minimum atomic E-state index is -0.403. The second-order valence-electron chi connectivity index (χ2n) is 5.94. The minimum Gasteiger partial charge on any atom is -0.338 e. The average molecular weight is 317 g/mol. The highest BCUT2D eigenvalue weighted by Gasteiger charge is 2.30. The summed E-state index contributed by atoms with van der Waals surface area (Å²) in [5.41, 5.74) is 0.651. The first kappa shape index (κ1) is 15.5. The Morgan fingerprint density at radius 3 is 3.00 bits per heavy atom. The molecule has 2 aromatic rings. The third kappa shape index (κ3) is 3.33. The summed E-state index contributed by atoms with van der Waals surface area (Å²) < 4.78 is 15.2. The second kappa shape index (κ2) is 6.36. The summed E-state index contributed by atoms with van der Waals surface area (Å²) >= 11 is 0. The van der Waals surface area contributed by atoms with Gasteiger partial charge in [-0.15, -0.1) is 0 Å². The van der Waals surface area contributed by atoms with Gasteiger partial charge in [0.15, 0.2) is 0 Å². The Morgan fingerprint density at radius 1 is 1.48 bits per heavy atom. The quantitative estimate of drug-likeness (QED) is 0.944. The van der Waals surface area contributed by atoms with Gasteiger partial charge >= 0.3 is 6.03 Å². The lowest BCUT2D eigenvalue weighted by molar-refractivity contribution is 0.204. The highest BCUT2D eigenvalue weighted by molar-refractivity contribution is 5.75. The van der Waals surface area contributed by atoms with E-state index in [1.807, 2.05) is 24.7 Å². The van der Waals surface area contributed by atoms with Crippen molar-refractivity contribution in [1.82, 2.24) is 24.8 Å². The van der Waals surface area contributed by atoms with Crippen molar-refractivity contribution in [3.63, 3.8) is 0 Å². The monoisotopic (exact) mass is 317 g/mol. The molecule has 3 heterocycles. The number of urea groups is 1. The Morgan fingerprint density at radius 2 is 2.30 bits per heavy atom. The number of likely N-dealkylation sites (tertiary alicyclic amines) is 1. The lowest BCUT2D eigenvalue weighted by Gasteiger charge is -2.21. The molecule has 7 heteroatoms. The standard InChI is InChI=1S/C16H20FN5O/c1-11(13-7-14(17)9-18-8-13)20-16(23)22-5-3-12(10-22)15-19-4-6-21(15)2/h4,6-9,11-12H,3,5,10H2,1-2H3,(H,20,23). The van der Waals surface area contributed by atoms with Gasteiger partial charge in [0.25, 0.3) is 0 Å². The number of carbonyl (C=O) groups excluding carboxylic acids is 1. The van der Waals surface area contributed by atoms with E-state index in [1.54, 1.807) is 17.3 Å². The van der Waals surface area contributed by atoms with Gasteiger partial charge in [-0.2, -0.15) is 0 Å². The number of rotatable bonds is 3. The van der Waals surface area contributed by atoms with Gasteiger partial charge < -0.3 is 14.8 Å². The van der Waals surface area contributed by atoms with Gasteiger partial charge in [-0.05, 0) is 25.0 Å². The van der Waals surface area contributed by atoms with Crippen molar-refractivity contribution < 1.29 is 9.18 Å². The predicted molar refractivity (Wildman–Crippen MR) is 83.3 cm³/mol. The normalized spacial score (nSPS) is 18.9. The van der Waals surface area contributed by atoms with Gasteiger partial charge in [0.05, 0.1) is 12.2 Å². The topological polar surface area (TPSA) is 63.1 Å². The number of halogens is 1. The van der Waals surface area contributed by atoms with Crippen molar-refractivity contribution >= 4 is 6.03 Å². The molecular formula is C16H20FN5O. The number of nitrogens with one attached hydrogen (secondary N) is 1. The summed E-state index contributed by atoms with van der Waals surface area (Å²) in [5.74, 6) is 0.856. The Labute approximate surface area is 134 Å². The first-order chi connectivity index (χ1) is 11.0. The van der Waals surface area contributed by atoms with Crippen molar-refractivity contribution in [2.24, 2.45) is 7.05 Å². The summed E-state index contributed by atoms with van der Waals surface area (Å²) in [7, 11) is 1.96. The van der Waals surface area contributed by atoms with Crippen LogP contribution in [-0.2, 0) is 7.05 Å². The summed E-state index contributed by atoms with van der Waals surface area (Å²) in [6.45, 7) is 3.16. The molecule has 0 aromatic carbocycles. The molecule has 2 amide bonds. The number of hydrogen-bond donors (Lipinski definition) is 1. The Balaban J connectivity index is 1.60. The molecule has 1 fully saturated rings. The number of pyridine rings is 1. The summed E-state index contributed by atoms with van der Waals surface area (Å²) in [6.07, 6.45) is 7.30. The molecular weight excluding hydrogens is 297 g/mol. The molecule has 1 saturated heterocycles. The Bertz CT molecular complexity index is 701. The van der Waals surface area contributed by atoms with E-state index in [0.29, 0.717) is 18.7 Å². The zero-order valence-electron chi connectivity index (χ0n) is 13.2. The van der Waals surface area contributed by atoms with Crippen LogP contribution in [0.4, 0.5) is 9.18 Å². The van der Waals surface area contributed by atoms with Crippen LogP contribution in [0.5, 0.6) is 0 Å². The third-order valence-electron chi connectivity index (χ3n) is 4.27. The van der Waals surface area contributed by atoms with E-state index in [0.717, 1.165) is 18.4 Å². The van der Waals surface area contributed by atoms with Crippen LogP contribution in [0, 0.1) is 5.82 Å². The molecule has 0 spiro atoms. The first-order valence-electron chi connectivity index (χ1n) is 7.67. The van der Waals surface area contributed by atoms with Crippen LogP contribution in [0.2, 0.25) is 0 Å². The summed E-state index contributed by atoms with van der Waals surface area (Å²) in [6, 6.07) is 0.954. The van der Waals surface area contributed by atoms with Crippen molar-refractivity contribution in [3.8, 4) is 0 Å². The SMILES string of the molecule is CC(NC(=O)N1CCC(c2nccn2C)C1)c1cncc(F)c1. The fourth-order valence-corrected chi connectivity index (χ4v) is 2.95. The number of nitrogens with zero attached hydrogens (tertiary/aromatic N) is 4. The third-order valence-corrected chi connectivity index (χ3v) is 4.27. The lowest BCUT2D eigenvalue weighted by Crippen LogP contribution is -2.39. The molecule has 2 unspecified atom stereocenters. The smallest absolute Gasteiger partial charge is 0.317 e. The van der Waals surface area contributed by atoms with E-state index in [9.17, 15) is 9.18 Å². The number of aromatic nitrogens is 3. The van der Waals surface area contributed by atoms with E-state index in [1.165, 1.54) is 6.07 Å². The second-order valence-corrected chi connectivity index (χ2v) is 5.94. The molecule has 23 heavy (non-hydrogen) atoms. The Hall–Kier alpha value is -2.44. The molecule has 1 aliphatic heterocycles. The zero-order valence-corrected chi connectivity index (χ0v) is 13.2. The van der Waals surface area contributed by atoms with E-state index < -0.39 is 5.82 Å². The van der Waals surface area contributed by atoms with Crippen LogP contribution in [0.15, 0.2) is 30.9 Å². The average Bonchev–Trinajstić information content (AvgIpc) is 3.15. The minimum absolute atomic E-state index is 0.140. The van der Waals surface area contributed by atoms with Gasteiger partial charge in [-0.1, -0.05) is 0 Å². The molecule has 0 aliphatic carbocycles.